The molecule has 0 saturated heterocycles. The van der Waals surface area contributed by atoms with Crippen molar-refractivity contribution in [3.05, 3.63) is 53.6 Å². The maximum absolute atomic E-state index is 12.8. The summed E-state index contributed by atoms with van der Waals surface area (Å²) in [5, 5.41) is 38.2. The van der Waals surface area contributed by atoms with Gasteiger partial charge in [-0.15, -0.1) is 0 Å². The van der Waals surface area contributed by atoms with Gasteiger partial charge in [0.25, 0.3) is 0 Å². The second-order valence-electron chi connectivity index (χ2n) is 8.08. The molecule has 0 amide bonds. The van der Waals surface area contributed by atoms with Crippen molar-refractivity contribution in [3.63, 3.8) is 0 Å². The van der Waals surface area contributed by atoms with E-state index in [0.717, 1.165) is 31.8 Å². The van der Waals surface area contributed by atoms with Gasteiger partial charge >= 0.3 is 11.9 Å². The van der Waals surface area contributed by atoms with Gasteiger partial charge in [-0.25, -0.2) is 9.59 Å². The fraction of sp³-hybridized carbons (Fsp3) is 0.385. The molecule has 34 heavy (non-hydrogen) atoms. The molecule has 2 rings (SSSR count). The fourth-order valence-corrected chi connectivity index (χ4v) is 3.26. The average molecular weight is 473 g/mol. The number of phenolic OH excluding ortho intramolecular Hbond substituents is 4. The van der Waals surface area contributed by atoms with Crippen LogP contribution in [0.5, 0.6) is 23.0 Å². The number of rotatable bonds is 12. The number of benzene rings is 2. The molecule has 8 nitrogen and oxygen atoms in total. The van der Waals surface area contributed by atoms with E-state index in [1.165, 1.54) is 42.5 Å². The van der Waals surface area contributed by atoms with Crippen LogP contribution in [0.3, 0.4) is 0 Å². The van der Waals surface area contributed by atoms with Crippen molar-refractivity contribution in [1.29, 1.82) is 0 Å². The largest absolute Gasteiger partial charge is 0.504 e. The van der Waals surface area contributed by atoms with E-state index >= 15 is 0 Å². The summed E-state index contributed by atoms with van der Waals surface area (Å²) in [5.41, 5.74) is 0.909. The summed E-state index contributed by atoms with van der Waals surface area (Å²) in [6.07, 6.45) is 4.99. The van der Waals surface area contributed by atoms with E-state index in [1.54, 1.807) is 0 Å². The topological polar surface area (TPSA) is 134 Å². The van der Waals surface area contributed by atoms with Crippen molar-refractivity contribution >= 4 is 18.0 Å². The van der Waals surface area contributed by atoms with Gasteiger partial charge in [-0.1, -0.05) is 45.2 Å². The maximum Gasteiger partial charge on any atom is 0.347 e. The Morgan fingerprint density at radius 1 is 0.941 bits per heavy atom. The maximum atomic E-state index is 12.8. The van der Waals surface area contributed by atoms with Crippen LogP contribution in [0.1, 0.15) is 50.7 Å². The standard InChI is InChI=1S/C26H32O8/c1-3-5-6-17(4-2)16-33-26(32)24(15-19-8-11-21(28)23(30)14-19)34-25(31)12-9-18-7-10-20(27)22(29)13-18/h7-14,17,24,27-30H,3-6,15-16H2,1-2H3/b12-9+. The van der Waals surface area contributed by atoms with Crippen molar-refractivity contribution in [2.75, 3.05) is 6.61 Å². The van der Waals surface area contributed by atoms with Gasteiger partial charge in [0, 0.05) is 12.5 Å². The fourth-order valence-electron chi connectivity index (χ4n) is 3.26. The minimum absolute atomic E-state index is 0.0575. The Labute approximate surface area is 199 Å². The van der Waals surface area contributed by atoms with Crippen molar-refractivity contribution < 1.29 is 39.5 Å². The highest BCUT2D eigenvalue weighted by atomic mass is 16.6. The van der Waals surface area contributed by atoms with E-state index in [-0.39, 0.29) is 41.9 Å². The molecule has 0 aliphatic rings. The Bertz CT molecular complexity index is 998. The minimum atomic E-state index is -1.27. The molecule has 2 aromatic carbocycles. The average Bonchev–Trinajstić information content (AvgIpc) is 2.81. The molecule has 2 atom stereocenters. The molecule has 0 saturated carbocycles. The lowest BCUT2D eigenvalue weighted by atomic mass is 10.0. The number of carbonyl (C=O) groups is 2. The number of hydrogen-bond acceptors (Lipinski definition) is 8. The molecule has 2 aromatic rings. The van der Waals surface area contributed by atoms with Gasteiger partial charge in [0.15, 0.2) is 23.0 Å². The van der Waals surface area contributed by atoms with Gasteiger partial charge < -0.3 is 29.9 Å². The van der Waals surface area contributed by atoms with Crippen LogP contribution in [-0.2, 0) is 25.5 Å². The molecule has 0 aromatic heterocycles. The van der Waals surface area contributed by atoms with Gasteiger partial charge in [0.05, 0.1) is 6.61 Å². The molecule has 0 aliphatic heterocycles. The summed E-state index contributed by atoms with van der Waals surface area (Å²) in [6.45, 7) is 4.33. The number of unbranched alkanes of at least 4 members (excludes halogenated alkanes) is 1. The van der Waals surface area contributed by atoms with Crippen molar-refractivity contribution in [3.8, 4) is 23.0 Å². The molecule has 2 unspecified atom stereocenters. The second kappa shape index (κ2) is 13.1. The van der Waals surface area contributed by atoms with Crippen LogP contribution in [0.2, 0.25) is 0 Å². The molecule has 0 bridgehead atoms. The van der Waals surface area contributed by atoms with Crippen LogP contribution >= 0.6 is 0 Å². The SMILES string of the molecule is CCCCC(CC)COC(=O)C(Cc1ccc(O)c(O)c1)OC(=O)/C=C/c1ccc(O)c(O)c1. The number of esters is 2. The summed E-state index contributed by atoms with van der Waals surface area (Å²) >= 11 is 0. The Morgan fingerprint density at radius 2 is 1.62 bits per heavy atom. The number of carbonyl (C=O) groups excluding carboxylic acids is 2. The van der Waals surface area contributed by atoms with Crippen LogP contribution in [0, 0.1) is 5.92 Å². The normalized spacial score (nSPS) is 12.9. The quantitative estimate of drug-likeness (QED) is 0.202. The predicted molar refractivity (Wildman–Crippen MR) is 126 cm³/mol. The monoisotopic (exact) mass is 472 g/mol. The molecular weight excluding hydrogens is 440 g/mol. The summed E-state index contributed by atoms with van der Waals surface area (Å²) in [5.74, 6) is -2.58. The van der Waals surface area contributed by atoms with Crippen molar-refractivity contribution in [2.45, 2.75) is 52.1 Å². The molecular formula is C26H32O8. The van der Waals surface area contributed by atoms with Gasteiger partial charge in [-0.2, -0.15) is 0 Å². The number of ether oxygens (including phenoxy) is 2. The number of aromatic hydroxyl groups is 4. The molecule has 0 spiro atoms. The van der Waals surface area contributed by atoms with E-state index < -0.39 is 18.0 Å². The third-order valence-electron chi connectivity index (χ3n) is 5.40. The van der Waals surface area contributed by atoms with E-state index in [4.69, 9.17) is 9.47 Å². The first-order valence-electron chi connectivity index (χ1n) is 11.3. The first-order chi connectivity index (χ1) is 16.2. The Morgan fingerprint density at radius 3 is 2.24 bits per heavy atom. The van der Waals surface area contributed by atoms with E-state index in [9.17, 15) is 30.0 Å². The first kappa shape index (κ1) is 26.6. The first-order valence-corrected chi connectivity index (χ1v) is 11.3. The van der Waals surface area contributed by atoms with Gasteiger partial charge in [0.1, 0.15) is 0 Å². The van der Waals surface area contributed by atoms with Gasteiger partial charge in [-0.3, -0.25) is 0 Å². The Balaban J connectivity index is 2.11. The van der Waals surface area contributed by atoms with Crippen molar-refractivity contribution in [2.24, 2.45) is 5.92 Å². The highest BCUT2D eigenvalue weighted by Crippen LogP contribution is 2.27. The summed E-state index contributed by atoms with van der Waals surface area (Å²) in [7, 11) is 0. The summed E-state index contributed by atoms with van der Waals surface area (Å²) < 4.78 is 10.8. The van der Waals surface area contributed by atoms with Gasteiger partial charge in [0.2, 0.25) is 6.10 Å². The van der Waals surface area contributed by atoms with Crippen LogP contribution < -0.4 is 0 Å². The predicted octanol–water partition coefficient (Wildman–Crippen LogP) is 4.44. The summed E-state index contributed by atoms with van der Waals surface area (Å²) in [6, 6.07) is 8.11. The number of hydrogen-bond donors (Lipinski definition) is 4. The van der Waals surface area contributed by atoms with Crippen LogP contribution in [0.4, 0.5) is 0 Å². The van der Waals surface area contributed by atoms with Crippen LogP contribution in [-0.4, -0.2) is 45.1 Å². The second-order valence-corrected chi connectivity index (χ2v) is 8.08. The Hall–Kier alpha value is -3.68. The highest BCUT2D eigenvalue weighted by molar-refractivity contribution is 5.89. The Kier molecular flexibility index (Phi) is 10.3. The van der Waals surface area contributed by atoms with Crippen LogP contribution in [0.25, 0.3) is 6.08 Å². The third kappa shape index (κ3) is 8.35. The van der Waals surface area contributed by atoms with Crippen molar-refractivity contribution in [1.82, 2.24) is 0 Å². The molecule has 0 heterocycles. The molecule has 8 heteroatoms. The minimum Gasteiger partial charge on any atom is -0.504 e. The van der Waals surface area contributed by atoms with Gasteiger partial charge in [-0.05, 0) is 53.8 Å². The molecule has 4 N–H and O–H groups in total. The molecule has 184 valence electrons. The molecule has 0 aliphatic carbocycles. The molecule has 0 radical (unpaired) electrons. The lowest BCUT2D eigenvalue weighted by Crippen LogP contribution is -2.32. The smallest absolute Gasteiger partial charge is 0.347 e. The lowest BCUT2D eigenvalue weighted by molar-refractivity contribution is -0.166. The third-order valence-corrected chi connectivity index (χ3v) is 5.40. The van der Waals surface area contributed by atoms with Crippen LogP contribution in [0.15, 0.2) is 42.5 Å². The van der Waals surface area contributed by atoms with E-state index in [0.29, 0.717) is 11.1 Å². The lowest BCUT2D eigenvalue weighted by Gasteiger charge is -2.19. The highest BCUT2D eigenvalue weighted by Gasteiger charge is 2.26. The van der Waals surface area contributed by atoms with E-state index in [2.05, 4.69) is 6.92 Å². The zero-order chi connectivity index (χ0) is 25.1. The zero-order valence-electron chi connectivity index (χ0n) is 19.4. The van der Waals surface area contributed by atoms with E-state index in [1.807, 2.05) is 6.92 Å². The molecule has 0 fully saturated rings. The number of phenols is 4. The zero-order valence-corrected chi connectivity index (χ0v) is 19.4. The summed E-state index contributed by atoms with van der Waals surface area (Å²) in [4.78, 5) is 25.2.